The van der Waals surface area contributed by atoms with Gasteiger partial charge in [-0.15, -0.1) is 0 Å². The van der Waals surface area contributed by atoms with Gasteiger partial charge in [-0.1, -0.05) is 29.8 Å². The van der Waals surface area contributed by atoms with Crippen LogP contribution in [0.4, 0.5) is 0 Å². The van der Waals surface area contributed by atoms with E-state index < -0.39 is 5.97 Å². The molecule has 20 heavy (non-hydrogen) atoms. The Hall–Kier alpha value is -2.03. The Morgan fingerprint density at radius 2 is 1.80 bits per heavy atom. The maximum Gasteiger partial charge on any atom is 0.0484 e. The second kappa shape index (κ2) is 5.95. The zero-order valence-electron chi connectivity index (χ0n) is 12.2. The van der Waals surface area contributed by atoms with E-state index in [2.05, 4.69) is 55.7 Å². The summed E-state index contributed by atoms with van der Waals surface area (Å²) in [6.45, 7) is 6.29. The number of benzene rings is 1. The van der Waals surface area contributed by atoms with Gasteiger partial charge in [0, 0.05) is 23.4 Å². The molecule has 3 heteroatoms. The number of aliphatic carboxylic acids is 1. The molecule has 0 bridgehead atoms. The van der Waals surface area contributed by atoms with Gasteiger partial charge < -0.3 is 14.5 Å². The number of aryl methyl sites for hydroxylation is 2. The van der Waals surface area contributed by atoms with Crippen molar-refractivity contribution < 1.29 is 9.90 Å². The van der Waals surface area contributed by atoms with Gasteiger partial charge in [0.15, 0.2) is 0 Å². The molecule has 3 nitrogen and oxygen atoms in total. The van der Waals surface area contributed by atoms with Crippen molar-refractivity contribution in [2.75, 3.05) is 0 Å². The average molecular weight is 270 g/mol. The molecule has 0 spiro atoms. The highest BCUT2D eigenvalue weighted by Crippen LogP contribution is 2.27. The van der Waals surface area contributed by atoms with E-state index in [1.165, 1.54) is 5.56 Å². The molecule has 1 aromatic carbocycles. The summed E-state index contributed by atoms with van der Waals surface area (Å²) in [5.74, 6) is -1.00. The smallest absolute Gasteiger partial charge is 0.0484 e. The quantitative estimate of drug-likeness (QED) is 0.838. The summed E-state index contributed by atoms with van der Waals surface area (Å²) in [5.41, 5.74) is 4.56. The summed E-state index contributed by atoms with van der Waals surface area (Å²) < 4.78 is 2.20. The Kier molecular flexibility index (Phi) is 4.28. The molecule has 106 valence electrons. The zero-order chi connectivity index (χ0) is 14.7. The fraction of sp³-hybridized carbons (Fsp3) is 0.353. The predicted octanol–water partition coefficient (Wildman–Crippen LogP) is 2.73. The van der Waals surface area contributed by atoms with Gasteiger partial charge in [-0.25, -0.2) is 0 Å². The third-order valence-corrected chi connectivity index (χ3v) is 3.45. The monoisotopic (exact) mass is 270 g/mol. The van der Waals surface area contributed by atoms with Crippen LogP contribution in [0.1, 0.15) is 37.6 Å². The molecule has 2 aromatic rings. The molecule has 0 radical (unpaired) electrons. The molecule has 2 rings (SSSR count). The Bertz CT molecular complexity index is 594. The fourth-order valence-corrected chi connectivity index (χ4v) is 2.49. The van der Waals surface area contributed by atoms with Crippen LogP contribution in [0.2, 0.25) is 0 Å². The van der Waals surface area contributed by atoms with E-state index in [4.69, 9.17) is 0 Å². The van der Waals surface area contributed by atoms with Gasteiger partial charge in [-0.2, -0.15) is 0 Å². The molecule has 0 N–H and O–H groups in total. The van der Waals surface area contributed by atoms with Crippen LogP contribution >= 0.6 is 0 Å². The molecule has 0 atom stereocenters. The molecule has 0 saturated carbocycles. The molecular weight excluding hydrogens is 250 g/mol. The van der Waals surface area contributed by atoms with Crippen LogP contribution in [0.15, 0.2) is 36.4 Å². The maximum absolute atomic E-state index is 10.6. The van der Waals surface area contributed by atoms with E-state index in [1.54, 1.807) is 0 Å². The average Bonchev–Trinajstić information content (AvgIpc) is 2.81. The molecule has 0 saturated heterocycles. The first kappa shape index (κ1) is 14.4. The van der Waals surface area contributed by atoms with Crippen LogP contribution in [0.3, 0.4) is 0 Å². The summed E-state index contributed by atoms with van der Waals surface area (Å²) >= 11 is 0. The number of hydrogen-bond acceptors (Lipinski definition) is 2. The maximum atomic E-state index is 10.6. The van der Waals surface area contributed by atoms with E-state index >= 15 is 0 Å². The molecule has 1 aromatic heterocycles. The summed E-state index contributed by atoms with van der Waals surface area (Å²) in [5, 5.41) is 10.6. The van der Waals surface area contributed by atoms with E-state index in [1.807, 2.05) is 6.07 Å². The van der Waals surface area contributed by atoms with Crippen LogP contribution in [-0.2, 0) is 11.2 Å². The highest BCUT2D eigenvalue weighted by molar-refractivity contribution is 5.65. The summed E-state index contributed by atoms with van der Waals surface area (Å²) in [7, 11) is 0. The van der Waals surface area contributed by atoms with Gasteiger partial charge in [0.1, 0.15) is 0 Å². The number of carbonyl (C=O) groups is 1. The minimum atomic E-state index is -1.00. The number of rotatable bonds is 5. The molecule has 0 aliphatic carbocycles. The Balaban J connectivity index is 2.38. The SMILES string of the molecule is Cc1ccc(-c2ccc(CCC(=O)[O-])n2C(C)C)cc1. The van der Waals surface area contributed by atoms with Gasteiger partial charge >= 0.3 is 0 Å². The van der Waals surface area contributed by atoms with Gasteiger partial charge in [0.2, 0.25) is 0 Å². The van der Waals surface area contributed by atoms with Crippen LogP contribution in [-0.4, -0.2) is 10.5 Å². The Morgan fingerprint density at radius 3 is 2.35 bits per heavy atom. The van der Waals surface area contributed by atoms with Gasteiger partial charge in [0.25, 0.3) is 0 Å². The van der Waals surface area contributed by atoms with Gasteiger partial charge in [-0.3, -0.25) is 0 Å². The standard InChI is InChI=1S/C17H21NO2/c1-12(2)18-15(9-11-17(19)20)8-10-16(18)14-6-4-13(3)5-7-14/h4-8,10,12H,9,11H2,1-3H3,(H,19,20)/p-1. The van der Waals surface area contributed by atoms with Crippen molar-refractivity contribution in [1.82, 2.24) is 4.57 Å². The number of carboxylic acids is 1. The van der Waals surface area contributed by atoms with E-state index in [0.29, 0.717) is 6.42 Å². The molecule has 1 heterocycles. The van der Waals surface area contributed by atoms with Crippen molar-refractivity contribution in [3.8, 4) is 11.3 Å². The van der Waals surface area contributed by atoms with Crippen molar-refractivity contribution in [3.05, 3.63) is 47.7 Å². The van der Waals surface area contributed by atoms with Crippen molar-refractivity contribution >= 4 is 5.97 Å². The molecule has 0 aliphatic heterocycles. The Morgan fingerprint density at radius 1 is 1.15 bits per heavy atom. The lowest BCUT2D eigenvalue weighted by Crippen LogP contribution is -2.23. The molecule has 0 fully saturated rings. The Labute approximate surface area is 119 Å². The van der Waals surface area contributed by atoms with E-state index in [9.17, 15) is 9.90 Å². The van der Waals surface area contributed by atoms with Crippen LogP contribution < -0.4 is 5.11 Å². The third kappa shape index (κ3) is 3.10. The van der Waals surface area contributed by atoms with Crippen LogP contribution in [0, 0.1) is 6.92 Å². The normalized spacial score (nSPS) is 11.0. The highest BCUT2D eigenvalue weighted by Gasteiger charge is 2.12. The number of hydrogen-bond donors (Lipinski definition) is 0. The number of nitrogens with zero attached hydrogens (tertiary/aromatic N) is 1. The minimum absolute atomic E-state index is 0.0596. The third-order valence-electron chi connectivity index (χ3n) is 3.45. The first-order chi connectivity index (χ1) is 9.49. The number of carbonyl (C=O) groups excluding carboxylic acids is 1. The highest BCUT2D eigenvalue weighted by atomic mass is 16.4. The van der Waals surface area contributed by atoms with Crippen LogP contribution in [0.5, 0.6) is 0 Å². The summed E-state index contributed by atoms with van der Waals surface area (Å²) in [6.07, 6.45) is 0.566. The first-order valence-corrected chi connectivity index (χ1v) is 6.96. The first-order valence-electron chi connectivity index (χ1n) is 6.96. The lowest BCUT2D eigenvalue weighted by atomic mass is 10.1. The second-order valence-corrected chi connectivity index (χ2v) is 5.41. The zero-order valence-corrected chi connectivity index (χ0v) is 12.2. The number of carboxylic acid groups (broad SMARTS) is 1. The summed E-state index contributed by atoms with van der Waals surface area (Å²) in [4.78, 5) is 10.6. The topological polar surface area (TPSA) is 45.1 Å². The molecule has 0 aliphatic rings. The van der Waals surface area contributed by atoms with Gasteiger partial charge in [-0.05, 0) is 51.3 Å². The van der Waals surface area contributed by atoms with Gasteiger partial charge in [0.05, 0.1) is 0 Å². The molecular formula is C17H20NO2-. The summed E-state index contributed by atoms with van der Waals surface area (Å²) in [6, 6.07) is 12.8. The van der Waals surface area contributed by atoms with E-state index in [0.717, 1.165) is 17.0 Å². The van der Waals surface area contributed by atoms with Crippen molar-refractivity contribution in [3.63, 3.8) is 0 Å². The second-order valence-electron chi connectivity index (χ2n) is 5.41. The fourth-order valence-electron chi connectivity index (χ4n) is 2.49. The largest absolute Gasteiger partial charge is 0.550 e. The van der Waals surface area contributed by atoms with E-state index in [-0.39, 0.29) is 12.5 Å². The lowest BCUT2D eigenvalue weighted by molar-refractivity contribution is -0.305. The van der Waals surface area contributed by atoms with Crippen molar-refractivity contribution in [2.45, 2.75) is 39.7 Å². The van der Waals surface area contributed by atoms with Crippen LogP contribution in [0.25, 0.3) is 11.3 Å². The lowest BCUT2D eigenvalue weighted by Gasteiger charge is -2.18. The number of aromatic nitrogens is 1. The molecule has 0 amide bonds. The van der Waals surface area contributed by atoms with Crippen molar-refractivity contribution in [1.29, 1.82) is 0 Å². The van der Waals surface area contributed by atoms with Crippen molar-refractivity contribution in [2.24, 2.45) is 0 Å². The minimum Gasteiger partial charge on any atom is -0.550 e. The molecule has 0 unspecified atom stereocenters. The predicted molar refractivity (Wildman–Crippen MR) is 78.3 cm³/mol.